The van der Waals surface area contributed by atoms with E-state index < -0.39 is 11.9 Å². The summed E-state index contributed by atoms with van der Waals surface area (Å²) < 4.78 is 11.9. The second kappa shape index (κ2) is 11.3. The van der Waals surface area contributed by atoms with Gasteiger partial charge >= 0.3 is 0 Å². The van der Waals surface area contributed by atoms with Crippen molar-refractivity contribution >= 4 is 28.7 Å². The predicted octanol–water partition coefficient (Wildman–Crippen LogP) is 4.82. The number of piperidine rings is 1. The number of ether oxygens (including phenoxy) is 2. The fraction of sp³-hybridized carbons (Fsp3) is 0.387. The van der Waals surface area contributed by atoms with Crippen LogP contribution in [0.15, 0.2) is 60.7 Å². The summed E-state index contributed by atoms with van der Waals surface area (Å²) in [7, 11) is 0. The first-order chi connectivity index (χ1) is 19.1. The van der Waals surface area contributed by atoms with Crippen LogP contribution in [-0.4, -0.2) is 53.2 Å². The number of benzene rings is 2. The molecule has 1 N–H and O–H groups in total. The van der Waals surface area contributed by atoms with Crippen molar-refractivity contribution in [2.24, 2.45) is 0 Å². The van der Waals surface area contributed by atoms with Gasteiger partial charge < -0.3 is 9.47 Å². The smallest absolute Gasteiger partial charge is 0.267 e. The van der Waals surface area contributed by atoms with Crippen LogP contribution in [0.1, 0.15) is 60.1 Å². The van der Waals surface area contributed by atoms with E-state index in [0.717, 1.165) is 73.9 Å². The number of para-hydroxylation sites is 1. The van der Waals surface area contributed by atoms with Gasteiger partial charge in [-0.3, -0.25) is 19.5 Å². The number of carbonyl (C=O) groups excluding carboxylic acids is 2. The van der Waals surface area contributed by atoms with Gasteiger partial charge in [-0.05, 0) is 48.7 Å². The monoisotopic (exact) mass is 527 g/mol. The standard InChI is InChI=1S/C31H33N3O5/c35-27-20-31(14-16-34(17-15-31)21-24-11-10-23-5-1-2-6-26(23)32-24)38-28-12-8-22(19-25(27)28)9-13-29(36)33-39-30-7-3-4-18-37-30/h1-2,5-6,8-13,19,30H,3-4,7,14-18,20-21H2,(H,33,36)/b13-9+. The number of Topliss-reactive ketones (excluding diaryl/α,β-unsaturated/α-hetero) is 1. The molecule has 1 unspecified atom stereocenters. The number of carbonyl (C=O) groups is 2. The lowest BCUT2D eigenvalue weighted by Gasteiger charge is -2.44. The Morgan fingerprint density at radius 3 is 2.85 bits per heavy atom. The first-order valence-electron chi connectivity index (χ1n) is 13.7. The highest BCUT2D eigenvalue weighted by atomic mass is 16.8. The fourth-order valence-electron chi connectivity index (χ4n) is 5.57. The summed E-state index contributed by atoms with van der Waals surface area (Å²) >= 11 is 0. The second-order valence-corrected chi connectivity index (χ2v) is 10.6. The van der Waals surface area contributed by atoms with Crippen LogP contribution in [0.5, 0.6) is 5.75 Å². The highest BCUT2D eigenvalue weighted by Gasteiger charge is 2.43. The maximum absolute atomic E-state index is 13.2. The van der Waals surface area contributed by atoms with Gasteiger partial charge in [0.05, 0.1) is 23.2 Å². The van der Waals surface area contributed by atoms with Crippen LogP contribution in [-0.2, 0) is 20.9 Å². The molecule has 2 saturated heterocycles. The van der Waals surface area contributed by atoms with E-state index in [1.54, 1.807) is 12.1 Å². The van der Waals surface area contributed by atoms with Gasteiger partial charge in [0, 0.05) is 57.0 Å². The fourth-order valence-corrected chi connectivity index (χ4v) is 5.57. The van der Waals surface area contributed by atoms with E-state index in [0.29, 0.717) is 24.3 Å². The highest BCUT2D eigenvalue weighted by Crippen LogP contribution is 2.40. The number of amides is 1. The minimum atomic E-state index is -0.465. The topological polar surface area (TPSA) is 90.0 Å². The number of nitrogens with zero attached hydrogens (tertiary/aromatic N) is 2. The van der Waals surface area contributed by atoms with E-state index in [2.05, 4.69) is 28.6 Å². The number of fused-ring (bicyclic) bond motifs is 2. The largest absolute Gasteiger partial charge is 0.486 e. The molecular formula is C31H33N3O5. The Morgan fingerprint density at radius 1 is 1.13 bits per heavy atom. The zero-order chi connectivity index (χ0) is 26.7. The summed E-state index contributed by atoms with van der Waals surface area (Å²) in [4.78, 5) is 37.8. The number of likely N-dealkylation sites (tertiary alicyclic amines) is 1. The normalized spacial score (nSPS) is 21.1. The molecule has 0 bridgehead atoms. The van der Waals surface area contributed by atoms with Crippen molar-refractivity contribution in [2.75, 3.05) is 19.7 Å². The SMILES string of the molecule is O=C(/C=C/c1ccc2c(c1)C(=O)CC1(CCN(Cc3ccc4ccccc4n3)CC1)O2)NOC1CCCCO1. The Labute approximate surface area is 227 Å². The first kappa shape index (κ1) is 25.7. The van der Waals surface area contributed by atoms with Gasteiger partial charge in [0.15, 0.2) is 12.1 Å². The van der Waals surface area contributed by atoms with Gasteiger partial charge in [0.25, 0.3) is 5.91 Å². The van der Waals surface area contributed by atoms with E-state index in [4.69, 9.17) is 19.3 Å². The Balaban J connectivity index is 1.04. The summed E-state index contributed by atoms with van der Waals surface area (Å²) in [5, 5.41) is 1.15. The van der Waals surface area contributed by atoms with E-state index in [1.165, 1.54) is 6.08 Å². The zero-order valence-corrected chi connectivity index (χ0v) is 21.9. The lowest BCUT2D eigenvalue weighted by Crippen LogP contribution is -2.50. The molecule has 6 rings (SSSR count). The third kappa shape index (κ3) is 6.03. The summed E-state index contributed by atoms with van der Waals surface area (Å²) in [5.74, 6) is 0.322. The number of ketones is 1. The number of hydrogen-bond donors (Lipinski definition) is 1. The molecule has 2 fully saturated rings. The number of aromatic nitrogens is 1. The molecule has 1 atom stereocenters. The summed E-state index contributed by atoms with van der Waals surface area (Å²) in [6.07, 6.45) is 7.39. The highest BCUT2D eigenvalue weighted by molar-refractivity contribution is 6.01. The van der Waals surface area contributed by atoms with Crippen molar-refractivity contribution in [2.45, 2.75) is 57.0 Å². The van der Waals surface area contributed by atoms with Crippen molar-refractivity contribution in [3.63, 3.8) is 0 Å². The Kier molecular flexibility index (Phi) is 7.41. The Hall–Kier alpha value is -3.59. The Bertz CT molecular complexity index is 1390. The molecule has 0 radical (unpaired) electrons. The van der Waals surface area contributed by atoms with Crippen molar-refractivity contribution in [3.8, 4) is 5.75 Å². The number of pyridine rings is 1. The third-order valence-electron chi connectivity index (χ3n) is 7.78. The maximum atomic E-state index is 13.2. The van der Waals surface area contributed by atoms with E-state index in [9.17, 15) is 9.59 Å². The molecule has 8 heteroatoms. The molecule has 3 aliphatic heterocycles. The van der Waals surface area contributed by atoms with E-state index >= 15 is 0 Å². The molecule has 3 aromatic rings. The van der Waals surface area contributed by atoms with Crippen LogP contribution < -0.4 is 10.2 Å². The van der Waals surface area contributed by atoms with Crippen LogP contribution in [0.3, 0.4) is 0 Å². The molecular weight excluding hydrogens is 494 g/mol. The summed E-state index contributed by atoms with van der Waals surface area (Å²) in [6.45, 7) is 3.12. The molecule has 4 heterocycles. The van der Waals surface area contributed by atoms with Gasteiger partial charge in [-0.15, -0.1) is 0 Å². The van der Waals surface area contributed by atoms with Crippen molar-refractivity contribution in [1.82, 2.24) is 15.4 Å². The molecule has 2 aromatic carbocycles. The van der Waals surface area contributed by atoms with Gasteiger partial charge in [-0.1, -0.05) is 30.3 Å². The van der Waals surface area contributed by atoms with Gasteiger partial charge in [-0.2, -0.15) is 0 Å². The predicted molar refractivity (Wildman–Crippen MR) is 147 cm³/mol. The molecule has 1 aromatic heterocycles. The molecule has 3 aliphatic rings. The number of hydroxylamine groups is 1. The molecule has 202 valence electrons. The van der Waals surface area contributed by atoms with Crippen molar-refractivity contribution < 1.29 is 23.9 Å². The molecule has 0 aliphatic carbocycles. The maximum Gasteiger partial charge on any atom is 0.267 e. The van der Waals surface area contributed by atoms with Crippen LogP contribution in [0.25, 0.3) is 17.0 Å². The lowest BCUT2D eigenvalue weighted by molar-refractivity contribution is -0.198. The van der Waals surface area contributed by atoms with Crippen LogP contribution >= 0.6 is 0 Å². The molecule has 39 heavy (non-hydrogen) atoms. The summed E-state index contributed by atoms with van der Waals surface area (Å²) in [6, 6.07) is 17.9. The average Bonchev–Trinajstić information content (AvgIpc) is 2.97. The van der Waals surface area contributed by atoms with Gasteiger partial charge in [0.1, 0.15) is 11.4 Å². The van der Waals surface area contributed by atoms with Crippen LogP contribution in [0.4, 0.5) is 0 Å². The molecule has 1 spiro atoms. The van der Waals surface area contributed by atoms with Crippen LogP contribution in [0.2, 0.25) is 0 Å². The summed E-state index contributed by atoms with van der Waals surface area (Å²) in [5.41, 5.74) is 5.33. The molecule has 8 nitrogen and oxygen atoms in total. The number of nitrogens with one attached hydrogen (secondary N) is 1. The average molecular weight is 528 g/mol. The van der Waals surface area contributed by atoms with E-state index in [-0.39, 0.29) is 11.7 Å². The molecule has 1 amide bonds. The minimum Gasteiger partial charge on any atom is -0.486 e. The lowest BCUT2D eigenvalue weighted by atomic mass is 9.82. The number of hydrogen-bond acceptors (Lipinski definition) is 7. The van der Waals surface area contributed by atoms with Crippen molar-refractivity contribution in [1.29, 1.82) is 0 Å². The Morgan fingerprint density at radius 2 is 2.00 bits per heavy atom. The van der Waals surface area contributed by atoms with Gasteiger partial charge in [0.2, 0.25) is 0 Å². The first-order valence-corrected chi connectivity index (χ1v) is 13.7. The second-order valence-electron chi connectivity index (χ2n) is 10.6. The van der Waals surface area contributed by atoms with E-state index in [1.807, 2.05) is 30.3 Å². The zero-order valence-electron chi connectivity index (χ0n) is 21.9. The quantitative estimate of drug-likeness (QED) is 0.363. The van der Waals surface area contributed by atoms with Gasteiger partial charge in [-0.25, -0.2) is 10.3 Å². The minimum absolute atomic E-state index is 0.0818. The van der Waals surface area contributed by atoms with Crippen molar-refractivity contribution in [3.05, 3.63) is 77.5 Å². The number of rotatable bonds is 6. The molecule has 0 saturated carbocycles. The van der Waals surface area contributed by atoms with Crippen LogP contribution in [0, 0.1) is 0 Å². The third-order valence-corrected chi connectivity index (χ3v) is 7.78.